The number of rotatable bonds is 4. The largest absolute Gasteiger partial charge is 0.366 e. The van der Waals surface area contributed by atoms with Crippen molar-refractivity contribution >= 4 is 5.82 Å². The summed E-state index contributed by atoms with van der Waals surface area (Å²) in [7, 11) is 0. The van der Waals surface area contributed by atoms with Crippen LogP contribution in [0.15, 0.2) is 31.2 Å². The van der Waals surface area contributed by atoms with Gasteiger partial charge in [-0.3, -0.25) is 4.98 Å². The standard InChI is InChI=1S/C9H13N3/c1-3-4-8(2)12-9-7-10-5-6-11-9/h3,5-8H,1,4H2,2H3,(H,11,12). The first-order chi connectivity index (χ1) is 5.83. The van der Waals surface area contributed by atoms with E-state index in [9.17, 15) is 0 Å². The van der Waals surface area contributed by atoms with Crippen LogP contribution in [-0.4, -0.2) is 16.0 Å². The lowest BCUT2D eigenvalue weighted by Crippen LogP contribution is -2.14. The van der Waals surface area contributed by atoms with Crippen molar-refractivity contribution < 1.29 is 0 Å². The molecule has 3 nitrogen and oxygen atoms in total. The molecule has 0 bridgehead atoms. The van der Waals surface area contributed by atoms with E-state index in [1.54, 1.807) is 18.6 Å². The molecule has 1 rings (SSSR count). The summed E-state index contributed by atoms with van der Waals surface area (Å²) in [6.07, 6.45) is 7.84. The predicted molar refractivity (Wildman–Crippen MR) is 49.9 cm³/mol. The topological polar surface area (TPSA) is 37.8 Å². The van der Waals surface area contributed by atoms with Crippen molar-refractivity contribution in [2.24, 2.45) is 0 Å². The third-order valence-electron chi connectivity index (χ3n) is 1.48. The summed E-state index contributed by atoms with van der Waals surface area (Å²) in [6.45, 7) is 5.75. The molecule has 0 aliphatic heterocycles. The van der Waals surface area contributed by atoms with E-state index in [2.05, 4.69) is 28.8 Å². The molecule has 0 radical (unpaired) electrons. The zero-order chi connectivity index (χ0) is 8.81. The number of nitrogens with zero attached hydrogens (tertiary/aromatic N) is 2. The van der Waals surface area contributed by atoms with Crippen molar-refractivity contribution in [3.05, 3.63) is 31.2 Å². The molecule has 1 N–H and O–H groups in total. The third-order valence-corrected chi connectivity index (χ3v) is 1.48. The zero-order valence-corrected chi connectivity index (χ0v) is 7.20. The van der Waals surface area contributed by atoms with Gasteiger partial charge in [-0.05, 0) is 13.3 Å². The van der Waals surface area contributed by atoms with Crippen LogP contribution in [0.3, 0.4) is 0 Å². The molecule has 0 amide bonds. The molecule has 0 spiro atoms. The van der Waals surface area contributed by atoms with Crippen LogP contribution >= 0.6 is 0 Å². The molecule has 12 heavy (non-hydrogen) atoms. The first kappa shape index (κ1) is 8.71. The van der Waals surface area contributed by atoms with E-state index in [1.165, 1.54) is 0 Å². The molecular weight excluding hydrogens is 150 g/mol. The Kier molecular flexibility index (Phi) is 3.26. The zero-order valence-electron chi connectivity index (χ0n) is 7.20. The van der Waals surface area contributed by atoms with Gasteiger partial charge in [0.05, 0.1) is 6.20 Å². The lowest BCUT2D eigenvalue weighted by molar-refractivity contribution is 0.806. The minimum absolute atomic E-state index is 0.360. The van der Waals surface area contributed by atoms with E-state index in [4.69, 9.17) is 0 Å². The summed E-state index contributed by atoms with van der Waals surface area (Å²) in [5.74, 6) is 0.812. The summed E-state index contributed by atoms with van der Waals surface area (Å²) in [5, 5.41) is 3.20. The predicted octanol–water partition coefficient (Wildman–Crippen LogP) is 1.85. The van der Waals surface area contributed by atoms with Crippen LogP contribution in [0.2, 0.25) is 0 Å². The van der Waals surface area contributed by atoms with Crippen molar-refractivity contribution in [1.82, 2.24) is 9.97 Å². The second kappa shape index (κ2) is 4.49. The highest BCUT2D eigenvalue weighted by Crippen LogP contribution is 2.02. The number of hydrogen-bond donors (Lipinski definition) is 1. The van der Waals surface area contributed by atoms with E-state index >= 15 is 0 Å². The van der Waals surface area contributed by atoms with Gasteiger partial charge in [0.1, 0.15) is 5.82 Å². The monoisotopic (exact) mass is 163 g/mol. The van der Waals surface area contributed by atoms with Crippen molar-refractivity contribution in [2.75, 3.05) is 5.32 Å². The fourth-order valence-corrected chi connectivity index (χ4v) is 0.935. The average Bonchev–Trinajstić information content (AvgIpc) is 2.06. The highest BCUT2D eigenvalue weighted by molar-refractivity contribution is 5.31. The van der Waals surface area contributed by atoms with Crippen molar-refractivity contribution in [3.8, 4) is 0 Å². The molecule has 1 aromatic heterocycles. The van der Waals surface area contributed by atoms with Gasteiger partial charge < -0.3 is 5.32 Å². The molecule has 1 unspecified atom stereocenters. The normalized spacial score (nSPS) is 12.1. The van der Waals surface area contributed by atoms with Gasteiger partial charge in [0.2, 0.25) is 0 Å². The Balaban J connectivity index is 2.46. The minimum Gasteiger partial charge on any atom is -0.366 e. The van der Waals surface area contributed by atoms with Gasteiger partial charge in [-0.15, -0.1) is 6.58 Å². The number of anilines is 1. The van der Waals surface area contributed by atoms with Crippen LogP contribution in [0, 0.1) is 0 Å². The van der Waals surface area contributed by atoms with Gasteiger partial charge in [0.25, 0.3) is 0 Å². The Morgan fingerprint density at radius 2 is 2.50 bits per heavy atom. The summed E-state index contributed by atoms with van der Waals surface area (Å²) >= 11 is 0. The highest BCUT2D eigenvalue weighted by atomic mass is 15.0. The Labute approximate surface area is 72.6 Å². The van der Waals surface area contributed by atoms with Gasteiger partial charge in [-0.2, -0.15) is 0 Å². The van der Waals surface area contributed by atoms with Crippen LogP contribution in [0.5, 0.6) is 0 Å². The van der Waals surface area contributed by atoms with Crippen LogP contribution in [0.1, 0.15) is 13.3 Å². The first-order valence-corrected chi connectivity index (χ1v) is 3.96. The van der Waals surface area contributed by atoms with Gasteiger partial charge in [-0.1, -0.05) is 6.08 Å². The summed E-state index contributed by atoms with van der Waals surface area (Å²) in [4.78, 5) is 8.04. The Bertz CT molecular complexity index is 233. The van der Waals surface area contributed by atoms with E-state index in [0.717, 1.165) is 12.2 Å². The van der Waals surface area contributed by atoms with Gasteiger partial charge in [-0.25, -0.2) is 4.98 Å². The summed E-state index contributed by atoms with van der Waals surface area (Å²) in [5.41, 5.74) is 0. The van der Waals surface area contributed by atoms with E-state index in [1.807, 2.05) is 6.08 Å². The maximum Gasteiger partial charge on any atom is 0.144 e. The van der Waals surface area contributed by atoms with Crippen LogP contribution in [-0.2, 0) is 0 Å². The fourth-order valence-electron chi connectivity index (χ4n) is 0.935. The summed E-state index contributed by atoms with van der Waals surface area (Å²) < 4.78 is 0. The molecular formula is C9H13N3. The van der Waals surface area contributed by atoms with Crippen molar-refractivity contribution in [2.45, 2.75) is 19.4 Å². The molecule has 0 aliphatic rings. The molecule has 1 aromatic rings. The minimum atomic E-state index is 0.360. The SMILES string of the molecule is C=CCC(C)Nc1cnccn1. The molecule has 0 fully saturated rings. The fraction of sp³-hybridized carbons (Fsp3) is 0.333. The van der Waals surface area contributed by atoms with E-state index < -0.39 is 0 Å². The molecule has 0 saturated carbocycles. The quantitative estimate of drug-likeness (QED) is 0.688. The Morgan fingerprint density at radius 3 is 3.08 bits per heavy atom. The molecule has 0 aliphatic carbocycles. The number of hydrogen-bond acceptors (Lipinski definition) is 3. The number of aromatic nitrogens is 2. The average molecular weight is 163 g/mol. The van der Waals surface area contributed by atoms with E-state index in [0.29, 0.717) is 6.04 Å². The molecule has 0 aromatic carbocycles. The molecule has 64 valence electrons. The van der Waals surface area contributed by atoms with Crippen molar-refractivity contribution in [1.29, 1.82) is 0 Å². The van der Waals surface area contributed by atoms with E-state index in [-0.39, 0.29) is 0 Å². The smallest absolute Gasteiger partial charge is 0.144 e. The second-order valence-electron chi connectivity index (χ2n) is 2.66. The second-order valence-corrected chi connectivity index (χ2v) is 2.66. The molecule has 1 atom stereocenters. The van der Waals surface area contributed by atoms with Gasteiger partial charge >= 0.3 is 0 Å². The van der Waals surface area contributed by atoms with Gasteiger partial charge in [0, 0.05) is 18.4 Å². The number of nitrogens with one attached hydrogen (secondary N) is 1. The molecule has 1 heterocycles. The lowest BCUT2D eigenvalue weighted by atomic mass is 10.2. The maximum absolute atomic E-state index is 4.09. The Hall–Kier alpha value is -1.38. The van der Waals surface area contributed by atoms with Crippen LogP contribution in [0.25, 0.3) is 0 Å². The summed E-state index contributed by atoms with van der Waals surface area (Å²) in [6, 6.07) is 0.360. The maximum atomic E-state index is 4.09. The molecule has 3 heteroatoms. The van der Waals surface area contributed by atoms with Crippen LogP contribution < -0.4 is 5.32 Å². The Morgan fingerprint density at radius 1 is 1.67 bits per heavy atom. The van der Waals surface area contributed by atoms with Gasteiger partial charge in [0.15, 0.2) is 0 Å². The first-order valence-electron chi connectivity index (χ1n) is 3.96. The lowest BCUT2D eigenvalue weighted by Gasteiger charge is -2.10. The van der Waals surface area contributed by atoms with Crippen molar-refractivity contribution in [3.63, 3.8) is 0 Å². The molecule has 0 saturated heterocycles. The van der Waals surface area contributed by atoms with Crippen LogP contribution in [0.4, 0.5) is 5.82 Å². The third kappa shape index (κ3) is 2.70. The highest BCUT2D eigenvalue weighted by Gasteiger charge is 1.98.